The summed E-state index contributed by atoms with van der Waals surface area (Å²) in [5.41, 5.74) is 1.71. The Morgan fingerprint density at radius 2 is 1.93 bits per heavy atom. The highest BCUT2D eigenvalue weighted by atomic mass is 19.1. The first-order valence-electron chi connectivity index (χ1n) is 9.39. The maximum atomic E-state index is 14.5. The summed E-state index contributed by atoms with van der Waals surface area (Å²) in [6.07, 6.45) is 1.19. The molecule has 0 spiro atoms. The highest BCUT2D eigenvalue weighted by molar-refractivity contribution is 5.74. The Labute approximate surface area is 163 Å². The Hall–Kier alpha value is -2.63. The van der Waals surface area contributed by atoms with Crippen molar-refractivity contribution in [3.8, 4) is 22.6 Å². The van der Waals surface area contributed by atoms with Gasteiger partial charge in [-0.3, -0.25) is 4.79 Å². The lowest BCUT2D eigenvalue weighted by atomic mass is 9.98. The first kappa shape index (κ1) is 20.1. The minimum atomic E-state index is -0.791. The molecule has 0 fully saturated rings. The van der Waals surface area contributed by atoms with Gasteiger partial charge in [0.15, 0.2) is 17.4 Å². The average molecular weight is 390 g/mol. The van der Waals surface area contributed by atoms with E-state index in [9.17, 15) is 13.6 Å². The van der Waals surface area contributed by atoms with Crippen molar-refractivity contribution in [2.24, 2.45) is 0 Å². The van der Waals surface area contributed by atoms with E-state index >= 15 is 0 Å². The number of fused-ring (bicyclic) bond motifs is 1. The van der Waals surface area contributed by atoms with Crippen LogP contribution >= 0.6 is 0 Å². The number of carbonyl (C=O) groups excluding carboxylic acids is 1. The van der Waals surface area contributed by atoms with Crippen molar-refractivity contribution in [2.75, 3.05) is 13.2 Å². The fourth-order valence-electron chi connectivity index (χ4n) is 3.32. The van der Waals surface area contributed by atoms with Gasteiger partial charge in [0.05, 0.1) is 13.2 Å². The molecule has 0 aromatic heterocycles. The molecule has 0 bridgehead atoms. The first-order valence-corrected chi connectivity index (χ1v) is 9.39. The lowest BCUT2D eigenvalue weighted by molar-refractivity contribution is -0.143. The summed E-state index contributed by atoms with van der Waals surface area (Å²) in [5, 5.41) is 0. The third kappa shape index (κ3) is 4.43. The molecule has 2 aromatic rings. The molecule has 0 amide bonds. The second kappa shape index (κ2) is 8.17. The molecular formula is C22H24F2O4. The number of hydrogen-bond donors (Lipinski definition) is 0. The van der Waals surface area contributed by atoms with Crippen LogP contribution in [0.4, 0.5) is 8.78 Å². The quantitative estimate of drug-likeness (QED) is 0.489. The van der Waals surface area contributed by atoms with Crippen molar-refractivity contribution >= 4 is 5.97 Å². The molecule has 0 aliphatic carbocycles. The van der Waals surface area contributed by atoms with E-state index in [1.165, 1.54) is 12.1 Å². The van der Waals surface area contributed by atoms with Crippen LogP contribution in [-0.2, 0) is 16.0 Å². The van der Waals surface area contributed by atoms with Gasteiger partial charge in [-0.15, -0.1) is 0 Å². The molecule has 6 heteroatoms. The molecule has 2 aromatic carbocycles. The second-order valence-corrected chi connectivity index (χ2v) is 7.36. The number of benzene rings is 2. The zero-order chi connectivity index (χ0) is 20.3. The summed E-state index contributed by atoms with van der Waals surface area (Å²) in [4.78, 5) is 11.3. The zero-order valence-corrected chi connectivity index (χ0v) is 16.3. The number of hydrogen-bond acceptors (Lipinski definition) is 4. The Kier molecular flexibility index (Phi) is 5.87. The van der Waals surface area contributed by atoms with Crippen LogP contribution in [0, 0.1) is 11.6 Å². The van der Waals surface area contributed by atoms with Gasteiger partial charge in [0.25, 0.3) is 0 Å². The van der Waals surface area contributed by atoms with Gasteiger partial charge in [0.2, 0.25) is 0 Å². The van der Waals surface area contributed by atoms with Crippen LogP contribution in [0.25, 0.3) is 11.1 Å². The van der Waals surface area contributed by atoms with Crippen molar-refractivity contribution in [2.45, 2.75) is 45.6 Å². The first-order chi connectivity index (χ1) is 13.3. The Morgan fingerprint density at radius 3 is 2.61 bits per heavy atom. The molecule has 3 rings (SSSR count). The monoisotopic (exact) mass is 390 g/mol. The molecule has 0 N–H and O–H groups in total. The fourth-order valence-corrected chi connectivity index (χ4v) is 3.32. The van der Waals surface area contributed by atoms with E-state index in [0.29, 0.717) is 29.9 Å². The van der Waals surface area contributed by atoms with E-state index in [0.717, 1.165) is 12.0 Å². The summed E-state index contributed by atoms with van der Waals surface area (Å²) in [6, 6.07) is 8.09. The van der Waals surface area contributed by atoms with Gasteiger partial charge in [-0.2, -0.15) is 0 Å². The predicted molar refractivity (Wildman–Crippen MR) is 102 cm³/mol. The molecule has 0 unspecified atom stereocenters. The summed E-state index contributed by atoms with van der Waals surface area (Å²) < 4.78 is 45.0. The molecule has 0 atom stereocenters. The minimum Gasteiger partial charge on any atom is -0.488 e. The van der Waals surface area contributed by atoms with Crippen molar-refractivity contribution in [1.29, 1.82) is 0 Å². The fraction of sp³-hybridized carbons (Fsp3) is 0.409. The number of para-hydroxylation sites is 1. The Bertz CT molecular complexity index is 854. The number of rotatable bonds is 7. The normalized spacial score (nSPS) is 14.3. The average Bonchev–Trinajstić information content (AvgIpc) is 2.94. The van der Waals surface area contributed by atoms with Gasteiger partial charge in [-0.05, 0) is 50.5 Å². The largest absolute Gasteiger partial charge is 0.488 e. The number of carbonyl (C=O) groups is 1. The zero-order valence-electron chi connectivity index (χ0n) is 16.3. The van der Waals surface area contributed by atoms with Crippen molar-refractivity contribution in [1.82, 2.24) is 0 Å². The van der Waals surface area contributed by atoms with Crippen molar-refractivity contribution < 1.29 is 27.8 Å². The van der Waals surface area contributed by atoms with Gasteiger partial charge in [-0.1, -0.05) is 18.2 Å². The lowest BCUT2D eigenvalue weighted by Gasteiger charge is -2.18. The van der Waals surface area contributed by atoms with Crippen LogP contribution in [0.3, 0.4) is 0 Å². The van der Waals surface area contributed by atoms with Crippen LogP contribution in [0.5, 0.6) is 11.5 Å². The molecule has 0 saturated heterocycles. The van der Waals surface area contributed by atoms with E-state index in [1.54, 1.807) is 13.0 Å². The van der Waals surface area contributed by atoms with Crippen molar-refractivity contribution in [3.63, 3.8) is 0 Å². The molecule has 28 heavy (non-hydrogen) atoms. The SMILES string of the molecule is CCOC(=O)CCCOc1c(F)cc(-c2cccc3c2OC(C)(C)C3)cc1F. The van der Waals surface area contributed by atoms with E-state index in [-0.39, 0.29) is 24.6 Å². The van der Waals surface area contributed by atoms with Crippen LogP contribution in [0.1, 0.15) is 39.2 Å². The molecule has 150 valence electrons. The van der Waals surface area contributed by atoms with E-state index in [1.807, 2.05) is 26.0 Å². The molecule has 1 aliphatic heterocycles. The standard InChI is InChI=1S/C22H24F2O4/c1-4-26-19(25)9-6-10-27-21-17(23)11-15(12-18(21)24)16-8-5-7-14-13-22(2,3)28-20(14)16/h5,7-8,11-12H,4,6,9-10,13H2,1-3H3. The van der Waals surface area contributed by atoms with E-state index in [2.05, 4.69) is 0 Å². The smallest absolute Gasteiger partial charge is 0.305 e. The summed E-state index contributed by atoms with van der Waals surface area (Å²) in [6.45, 7) is 5.99. The molecule has 0 radical (unpaired) electrons. The molecule has 1 heterocycles. The number of halogens is 2. The van der Waals surface area contributed by atoms with E-state index in [4.69, 9.17) is 14.2 Å². The summed E-state index contributed by atoms with van der Waals surface area (Å²) in [7, 11) is 0. The third-order valence-electron chi connectivity index (χ3n) is 4.48. The van der Waals surface area contributed by atoms with Crippen LogP contribution in [-0.4, -0.2) is 24.8 Å². The van der Waals surface area contributed by atoms with Crippen LogP contribution in [0.15, 0.2) is 30.3 Å². The summed E-state index contributed by atoms with van der Waals surface area (Å²) >= 11 is 0. The van der Waals surface area contributed by atoms with Gasteiger partial charge in [0, 0.05) is 18.4 Å². The number of ether oxygens (including phenoxy) is 3. The maximum Gasteiger partial charge on any atom is 0.305 e. The Morgan fingerprint density at radius 1 is 1.21 bits per heavy atom. The summed E-state index contributed by atoms with van der Waals surface area (Å²) in [5.74, 6) is -1.72. The molecule has 4 nitrogen and oxygen atoms in total. The molecular weight excluding hydrogens is 366 g/mol. The van der Waals surface area contributed by atoms with Crippen LogP contribution in [0.2, 0.25) is 0 Å². The van der Waals surface area contributed by atoms with E-state index < -0.39 is 17.4 Å². The second-order valence-electron chi connectivity index (χ2n) is 7.36. The van der Waals surface area contributed by atoms with Crippen molar-refractivity contribution in [3.05, 3.63) is 47.5 Å². The van der Waals surface area contributed by atoms with Gasteiger partial charge in [0.1, 0.15) is 11.4 Å². The highest BCUT2D eigenvalue weighted by Crippen LogP contribution is 2.43. The maximum absolute atomic E-state index is 14.5. The van der Waals surface area contributed by atoms with Gasteiger partial charge >= 0.3 is 5.97 Å². The highest BCUT2D eigenvalue weighted by Gasteiger charge is 2.32. The molecule has 0 saturated carbocycles. The Balaban J connectivity index is 1.75. The van der Waals surface area contributed by atoms with Crippen LogP contribution < -0.4 is 9.47 Å². The lowest BCUT2D eigenvalue weighted by Crippen LogP contribution is -2.24. The number of esters is 1. The predicted octanol–water partition coefficient (Wildman–Crippen LogP) is 5.07. The van der Waals surface area contributed by atoms with Gasteiger partial charge in [-0.25, -0.2) is 8.78 Å². The van der Waals surface area contributed by atoms with Gasteiger partial charge < -0.3 is 14.2 Å². The molecule has 1 aliphatic rings. The third-order valence-corrected chi connectivity index (χ3v) is 4.48. The topological polar surface area (TPSA) is 44.8 Å². The minimum absolute atomic E-state index is 0.0179.